The van der Waals surface area contributed by atoms with Crippen LogP contribution in [0.5, 0.6) is 0 Å². The van der Waals surface area contributed by atoms with Gasteiger partial charge in [-0.2, -0.15) is 4.98 Å². The lowest BCUT2D eigenvalue weighted by Gasteiger charge is -1.97. The molecular formula is C13H9Cl2N3OS. The molecule has 0 atom stereocenters. The molecule has 0 aliphatic rings. The van der Waals surface area contributed by atoms with Crippen LogP contribution in [0.2, 0.25) is 10.0 Å². The first-order chi connectivity index (χ1) is 9.52. The van der Waals surface area contributed by atoms with Crippen LogP contribution in [0.4, 0.5) is 5.00 Å². The molecule has 0 amide bonds. The molecule has 2 aromatic heterocycles. The van der Waals surface area contributed by atoms with E-state index in [-0.39, 0.29) is 0 Å². The molecule has 0 aliphatic heterocycles. The van der Waals surface area contributed by atoms with E-state index in [0.29, 0.717) is 32.3 Å². The molecule has 0 bridgehead atoms. The van der Waals surface area contributed by atoms with Crippen LogP contribution in [0.3, 0.4) is 0 Å². The van der Waals surface area contributed by atoms with Crippen molar-refractivity contribution < 1.29 is 4.52 Å². The second-order valence-electron chi connectivity index (χ2n) is 4.22. The van der Waals surface area contributed by atoms with E-state index < -0.39 is 0 Å². The highest BCUT2D eigenvalue weighted by Gasteiger charge is 2.15. The number of hydrogen-bond donors (Lipinski definition) is 1. The number of hydrogen-bond acceptors (Lipinski definition) is 5. The summed E-state index contributed by atoms with van der Waals surface area (Å²) < 4.78 is 5.26. The zero-order valence-electron chi connectivity index (χ0n) is 10.4. The Balaban J connectivity index is 2.04. The molecule has 3 rings (SSSR count). The molecule has 20 heavy (non-hydrogen) atoms. The first-order valence-corrected chi connectivity index (χ1v) is 7.26. The monoisotopic (exact) mass is 325 g/mol. The van der Waals surface area contributed by atoms with Crippen molar-refractivity contribution in [1.82, 2.24) is 10.1 Å². The lowest BCUT2D eigenvalue weighted by molar-refractivity contribution is 0.432. The quantitative estimate of drug-likeness (QED) is 0.744. The molecule has 2 N–H and O–H groups in total. The topological polar surface area (TPSA) is 64.9 Å². The first-order valence-electron chi connectivity index (χ1n) is 5.69. The average molecular weight is 326 g/mol. The van der Waals surface area contributed by atoms with Gasteiger partial charge in [-0.25, -0.2) is 0 Å². The van der Waals surface area contributed by atoms with Crippen molar-refractivity contribution in [3.8, 4) is 22.8 Å². The Morgan fingerprint density at radius 3 is 2.45 bits per heavy atom. The van der Waals surface area contributed by atoms with E-state index >= 15 is 0 Å². The van der Waals surface area contributed by atoms with Crippen LogP contribution in [-0.2, 0) is 0 Å². The highest BCUT2D eigenvalue weighted by Crippen LogP contribution is 2.34. The van der Waals surface area contributed by atoms with Gasteiger partial charge in [-0.3, -0.25) is 0 Å². The second-order valence-corrected chi connectivity index (χ2v) is 6.38. The Bertz CT molecular complexity index is 762. The third-order valence-corrected chi connectivity index (χ3v) is 3.98. The van der Waals surface area contributed by atoms with Gasteiger partial charge in [-0.15, -0.1) is 11.3 Å². The first kappa shape index (κ1) is 13.4. The zero-order valence-corrected chi connectivity index (χ0v) is 12.7. The van der Waals surface area contributed by atoms with Crippen LogP contribution < -0.4 is 5.73 Å². The molecule has 0 unspecified atom stereocenters. The van der Waals surface area contributed by atoms with Gasteiger partial charge in [0.05, 0.1) is 10.6 Å². The van der Waals surface area contributed by atoms with Crippen molar-refractivity contribution in [3.05, 3.63) is 39.2 Å². The Labute approximate surface area is 129 Å². The molecule has 0 spiro atoms. The number of nitrogens with two attached hydrogens (primary N) is 1. The van der Waals surface area contributed by atoms with Gasteiger partial charge in [0.2, 0.25) is 5.82 Å². The standard InChI is InChI=1S/C13H9Cl2N3OS/c1-6-2-10(11(16)20-6)13-17-12(18-19-13)7-3-8(14)5-9(15)4-7/h2-5H,16H2,1H3. The van der Waals surface area contributed by atoms with Crippen molar-refractivity contribution in [2.45, 2.75) is 6.92 Å². The number of aromatic nitrogens is 2. The minimum atomic E-state index is 0.387. The molecule has 1 aromatic carbocycles. The van der Waals surface area contributed by atoms with Crippen LogP contribution in [0, 0.1) is 6.92 Å². The van der Waals surface area contributed by atoms with Gasteiger partial charge in [0.1, 0.15) is 0 Å². The van der Waals surface area contributed by atoms with Crippen LogP contribution >= 0.6 is 34.5 Å². The fourth-order valence-electron chi connectivity index (χ4n) is 1.83. The number of benzene rings is 1. The van der Waals surface area contributed by atoms with E-state index in [1.165, 1.54) is 11.3 Å². The summed E-state index contributed by atoms with van der Waals surface area (Å²) in [7, 11) is 0. The van der Waals surface area contributed by atoms with E-state index in [4.69, 9.17) is 33.5 Å². The van der Waals surface area contributed by atoms with E-state index in [2.05, 4.69) is 10.1 Å². The summed E-state index contributed by atoms with van der Waals surface area (Å²) in [5.74, 6) is 0.811. The molecule has 0 saturated carbocycles. The maximum Gasteiger partial charge on any atom is 0.261 e. The van der Waals surface area contributed by atoms with Crippen LogP contribution in [0.1, 0.15) is 4.88 Å². The summed E-state index contributed by atoms with van der Waals surface area (Å²) in [5, 5.41) is 5.63. The van der Waals surface area contributed by atoms with Crippen molar-refractivity contribution in [2.75, 3.05) is 5.73 Å². The highest BCUT2D eigenvalue weighted by molar-refractivity contribution is 7.16. The summed E-state index contributed by atoms with van der Waals surface area (Å²) in [6, 6.07) is 7.02. The third kappa shape index (κ3) is 2.52. The molecule has 0 fully saturated rings. The maximum atomic E-state index is 5.96. The molecule has 7 heteroatoms. The molecule has 0 radical (unpaired) electrons. The lowest BCUT2D eigenvalue weighted by atomic mass is 10.2. The predicted molar refractivity (Wildman–Crippen MR) is 82.2 cm³/mol. The smallest absolute Gasteiger partial charge is 0.261 e. The average Bonchev–Trinajstić information content (AvgIpc) is 2.94. The Kier molecular flexibility index (Phi) is 3.41. The van der Waals surface area contributed by atoms with E-state index in [1.54, 1.807) is 18.2 Å². The number of nitrogen functional groups attached to an aromatic ring is 1. The van der Waals surface area contributed by atoms with Gasteiger partial charge >= 0.3 is 0 Å². The summed E-state index contributed by atoms with van der Waals surface area (Å²) >= 11 is 13.4. The molecular weight excluding hydrogens is 317 g/mol. The molecule has 0 aliphatic carbocycles. The van der Waals surface area contributed by atoms with Gasteiger partial charge in [0, 0.05) is 20.5 Å². The fourth-order valence-corrected chi connectivity index (χ4v) is 3.14. The van der Waals surface area contributed by atoms with E-state index in [1.807, 2.05) is 13.0 Å². The summed E-state index contributed by atoms with van der Waals surface area (Å²) in [6.45, 7) is 1.97. The van der Waals surface area contributed by atoms with E-state index in [0.717, 1.165) is 10.4 Å². The molecule has 4 nitrogen and oxygen atoms in total. The second kappa shape index (κ2) is 5.09. The molecule has 3 aromatic rings. The number of anilines is 1. The third-order valence-electron chi connectivity index (χ3n) is 2.66. The maximum absolute atomic E-state index is 5.96. The molecule has 102 valence electrons. The van der Waals surface area contributed by atoms with Crippen LogP contribution in [0.15, 0.2) is 28.8 Å². The minimum Gasteiger partial charge on any atom is -0.390 e. The fraction of sp³-hybridized carbons (Fsp3) is 0.0769. The number of aryl methyl sites for hydroxylation is 1. The Morgan fingerprint density at radius 2 is 1.85 bits per heavy atom. The zero-order chi connectivity index (χ0) is 14.3. The van der Waals surface area contributed by atoms with Crippen molar-refractivity contribution in [2.24, 2.45) is 0 Å². The van der Waals surface area contributed by atoms with Gasteiger partial charge < -0.3 is 10.3 Å². The highest BCUT2D eigenvalue weighted by atomic mass is 35.5. The van der Waals surface area contributed by atoms with Crippen LogP contribution in [0.25, 0.3) is 22.8 Å². The largest absolute Gasteiger partial charge is 0.390 e. The van der Waals surface area contributed by atoms with Crippen molar-refractivity contribution in [3.63, 3.8) is 0 Å². The summed E-state index contributed by atoms with van der Waals surface area (Å²) in [6.07, 6.45) is 0. The predicted octanol–water partition coefficient (Wildman–Crippen LogP) is 4.66. The van der Waals surface area contributed by atoms with Gasteiger partial charge in [-0.1, -0.05) is 28.4 Å². The van der Waals surface area contributed by atoms with Gasteiger partial charge in [0.25, 0.3) is 5.89 Å². The summed E-state index contributed by atoms with van der Waals surface area (Å²) in [5.41, 5.74) is 7.36. The number of rotatable bonds is 2. The normalized spacial score (nSPS) is 10.9. The Morgan fingerprint density at radius 1 is 1.15 bits per heavy atom. The minimum absolute atomic E-state index is 0.387. The van der Waals surface area contributed by atoms with Crippen molar-refractivity contribution in [1.29, 1.82) is 0 Å². The van der Waals surface area contributed by atoms with Crippen molar-refractivity contribution >= 4 is 39.5 Å². The van der Waals surface area contributed by atoms with Crippen LogP contribution in [-0.4, -0.2) is 10.1 Å². The lowest BCUT2D eigenvalue weighted by Crippen LogP contribution is -1.84. The SMILES string of the molecule is Cc1cc(-c2nc(-c3cc(Cl)cc(Cl)c3)no2)c(N)s1. The van der Waals surface area contributed by atoms with E-state index in [9.17, 15) is 0 Å². The molecule has 0 saturated heterocycles. The summed E-state index contributed by atoms with van der Waals surface area (Å²) in [4.78, 5) is 5.42. The molecule has 2 heterocycles. The van der Waals surface area contributed by atoms with Gasteiger partial charge in [0.15, 0.2) is 0 Å². The van der Waals surface area contributed by atoms with Gasteiger partial charge in [-0.05, 0) is 31.2 Å². The number of nitrogens with zero attached hydrogens (tertiary/aromatic N) is 2. The number of thiophene rings is 1. The Hall–Kier alpha value is -1.56. The number of halogens is 2.